The molecule has 200 valence electrons. The Hall–Kier alpha value is -4.11. The van der Waals surface area contributed by atoms with Crippen LogP contribution < -0.4 is 10.2 Å². The number of nitrogens with zero attached hydrogens (tertiary/aromatic N) is 6. The third-order valence-corrected chi connectivity index (χ3v) is 5.99. The number of carboxylic acid groups (broad SMARTS) is 1. The smallest absolute Gasteiger partial charge is 0.416 e. The first-order chi connectivity index (χ1) is 17.9. The second-order valence-corrected chi connectivity index (χ2v) is 10.4. The second-order valence-electron chi connectivity index (χ2n) is 9.96. The number of likely N-dealkylation sites (tertiary alicyclic amines) is 1. The third-order valence-electron chi connectivity index (χ3n) is 5.77. The molecule has 0 saturated carbocycles. The van der Waals surface area contributed by atoms with Crippen LogP contribution in [0, 0.1) is 17.1 Å². The Kier molecular flexibility index (Phi) is 7.59. The van der Waals surface area contributed by atoms with E-state index in [0.29, 0.717) is 30.8 Å². The quantitative estimate of drug-likeness (QED) is 0.464. The van der Waals surface area contributed by atoms with Crippen molar-refractivity contribution in [3.8, 4) is 6.07 Å². The van der Waals surface area contributed by atoms with E-state index in [9.17, 15) is 24.3 Å². The standard InChI is InChI=1S/C25H27ClFN7O4/c1-25(2,3)38-24(37)33(13-15-7-17(26)9-18(27)8-15)21-10-20(31-22-16(11-28)12-29-34(21)22)30-19-5-4-6-32(14-19)23(35)36/h7-10,12,19H,4-6,13-14H2,1-3H3,(H,30,31)(H,35,36)/t19-/m0/s1. The summed E-state index contributed by atoms with van der Waals surface area (Å²) in [6.45, 7) is 5.72. The first-order valence-electron chi connectivity index (χ1n) is 11.9. The molecule has 4 rings (SSSR count). The van der Waals surface area contributed by atoms with Gasteiger partial charge in [-0.1, -0.05) is 11.6 Å². The van der Waals surface area contributed by atoms with Gasteiger partial charge in [-0.2, -0.15) is 14.9 Å². The summed E-state index contributed by atoms with van der Waals surface area (Å²) in [5.41, 5.74) is -0.0859. The van der Waals surface area contributed by atoms with Gasteiger partial charge in [0.15, 0.2) is 5.65 Å². The fraction of sp³-hybridized carbons (Fsp3) is 0.400. The minimum absolute atomic E-state index is 0.122. The minimum atomic E-state index is -1.01. The number of anilines is 2. The first kappa shape index (κ1) is 26.9. The van der Waals surface area contributed by atoms with E-state index in [1.807, 2.05) is 6.07 Å². The average molecular weight is 544 g/mol. The number of aromatic nitrogens is 3. The third kappa shape index (κ3) is 6.23. The number of fused-ring (bicyclic) bond motifs is 1. The first-order valence-corrected chi connectivity index (χ1v) is 12.3. The van der Waals surface area contributed by atoms with E-state index >= 15 is 0 Å². The van der Waals surface area contributed by atoms with Crippen LogP contribution >= 0.6 is 11.6 Å². The number of ether oxygens (including phenoxy) is 1. The predicted molar refractivity (Wildman–Crippen MR) is 138 cm³/mol. The van der Waals surface area contributed by atoms with Gasteiger partial charge < -0.3 is 20.1 Å². The molecular formula is C25H27ClFN7O4. The fourth-order valence-electron chi connectivity index (χ4n) is 4.21. The van der Waals surface area contributed by atoms with Gasteiger partial charge in [0.25, 0.3) is 0 Å². The Bertz CT molecular complexity index is 1390. The van der Waals surface area contributed by atoms with E-state index in [1.54, 1.807) is 26.8 Å². The van der Waals surface area contributed by atoms with Crippen molar-refractivity contribution in [1.29, 1.82) is 5.26 Å². The van der Waals surface area contributed by atoms with Crippen molar-refractivity contribution in [3.63, 3.8) is 0 Å². The molecule has 2 aromatic heterocycles. The van der Waals surface area contributed by atoms with Crippen LogP contribution in [0.1, 0.15) is 44.7 Å². The van der Waals surface area contributed by atoms with Gasteiger partial charge in [0.05, 0.1) is 12.7 Å². The van der Waals surface area contributed by atoms with Gasteiger partial charge in [-0.3, -0.25) is 4.90 Å². The van der Waals surface area contributed by atoms with E-state index in [4.69, 9.17) is 16.3 Å². The van der Waals surface area contributed by atoms with Crippen molar-refractivity contribution >= 4 is 41.1 Å². The normalized spacial score (nSPS) is 15.7. The number of amides is 2. The van der Waals surface area contributed by atoms with Crippen molar-refractivity contribution in [2.75, 3.05) is 23.3 Å². The van der Waals surface area contributed by atoms with Crippen LogP contribution in [-0.4, -0.2) is 61.5 Å². The predicted octanol–water partition coefficient (Wildman–Crippen LogP) is 4.89. The zero-order valence-corrected chi connectivity index (χ0v) is 21.9. The van der Waals surface area contributed by atoms with Crippen LogP contribution in [0.3, 0.4) is 0 Å². The molecule has 0 bridgehead atoms. The number of carbonyl (C=O) groups is 2. The van der Waals surface area contributed by atoms with E-state index in [1.165, 1.54) is 32.6 Å². The topological polar surface area (TPSA) is 136 Å². The summed E-state index contributed by atoms with van der Waals surface area (Å²) >= 11 is 6.06. The molecule has 1 aliphatic rings. The van der Waals surface area contributed by atoms with Crippen molar-refractivity contribution in [3.05, 3.63) is 52.4 Å². The highest BCUT2D eigenvalue weighted by molar-refractivity contribution is 6.30. The summed E-state index contributed by atoms with van der Waals surface area (Å²) in [5, 5.41) is 26.7. The molecule has 1 saturated heterocycles. The number of piperidine rings is 1. The zero-order valence-electron chi connectivity index (χ0n) is 21.1. The lowest BCUT2D eigenvalue weighted by Gasteiger charge is -2.32. The lowest BCUT2D eigenvalue weighted by molar-refractivity contribution is 0.0575. The molecule has 0 unspecified atom stereocenters. The second kappa shape index (κ2) is 10.7. The molecule has 1 atom stereocenters. The van der Waals surface area contributed by atoms with E-state index in [-0.39, 0.29) is 41.2 Å². The number of nitrogens with one attached hydrogen (secondary N) is 1. The van der Waals surface area contributed by atoms with E-state index in [0.717, 1.165) is 6.07 Å². The van der Waals surface area contributed by atoms with Gasteiger partial charge >= 0.3 is 12.2 Å². The fourth-order valence-corrected chi connectivity index (χ4v) is 4.46. The summed E-state index contributed by atoms with van der Waals surface area (Å²) in [4.78, 5) is 32.0. The van der Waals surface area contributed by atoms with Crippen molar-refractivity contribution < 1.29 is 23.8 Å². The van der Waals surface area contributed by atoms with E-state index < -0.39 is 23.6 Å². The Morgan fingerprint density at radius 3 is 2.76 bits per heavy atom. The molecule has 3 heterocycles. The number of hydrogen-bond donors (Lipinski definition) is 2. The zero-order chi connectivity index (χ0) is 27.6. The molecule has 1 aromatic carbocycles. The van der Waals surface area contributed by atoms with E-state index in [2.05, 4.69) is 15.4 Å². The van der Waals surface area contributed by atoms with Gasteiger partial charge in [0.2, 0.25) is 0 Å². The number of hydrogen-bond acceptors (Lipinski definition) is 7. The number of halogens is 2. The summed E-state index contributed by atoms with van der Waals surface area (Å²) in [7, 11) is 0. The van der Waals surface area contributed by atoms with Crippen LogP contribution in [0.4, 0.5) is 25.6 Å². The molecule has 0 radical (unpaired) electrons. The molecule has 13 heteroatoms. The highest BCUT2D eigenvalue weighted by Crippen LogP contribution is 2.28. The van der Waals surface area contributed by atoms with Gasteiger partial charge in [-0.25, -0.2) is 19.0 Å². The maximum Gasteiger partial charge on any atom is 0.416 e. The average Bonchev–Trinajstić information content (AvgIpc) is 3.23. The maximum atomic E-state index is 14.1. The molecule has 2 amide bonds. The Morgan fingerprint density at radius 2 is 2.11 bits per heavy atom. The van der Waals surface area contributed by atoms with Gasteiger partial charge in [0, 0.05) is 30.2 Å². The van der Waals surface area contributed by atoms with Crippen molar-refractivity contribution in [2.24, 2.45) is 0 Å². The summed E-state index contributed by atoms with van der Waals surface area (Å²) in [6, 6.07) is 7.31. The lowest BCUT2D eigenvalue weighted by Crippen LogP contribution is -2.44. The van der Waals surface area contributed by atoms with Gasteiger partial charge in [0.1, 0.15) is 34.7 Å². The molecule has 0 aliphatic carbocycles. The molecule has 38 heavy (non-hydrogen) atoms. The molecule has 3 aromatic rings. The molecule has 11 nitrogen and oxygen atoms in total. The Balaban J connectivity index is 1.79. The van der Waals surface area contributed by atoms with Crippen LogP contribution in [-0.2, 0) is 11.3 Å². The number of benzene rings is 1. The summed E-state index contributed by atoms with van der Waals surface area (Å²) < 4.78 is 21.1. The number of nitriles is 1. The summed E-state index contributed by atoms with van der Waals surface area (Å²) in [5.74, 6) is -0.0443. The van der Waals surface area contributed by atoms with Crippen LogP contribution in [0.5, 0.6) is 0 Å². The molecule has 0 spiro atoms. The number of carbonyl (C=O) groups excluding carboxylic acids is 1. The Morgan fingerprint density at radius 1 is 1.34 bits per heavy atom. The molecular weight excluding hydrogens is 517 g/mol. The highest BCUT2D eigenvalue weighted by atomic mass is 35.5. The summed E-state index contributed by atoms with van der Waals surface area (Å²) in [6.07, 6.45) is 0.954. The molecule has 1 fully saturated rings. The monoisotopic (exact) mass is 543 g/mol. The maximum absolute atomic E-state index is 14.1. The largest absolute Gasteiger partial charge is 0.465 e. The van der Waals surface area contributed by atoms with Crippen LogP contribution in [0.25, 0.3) is 5.65 Å². The molecule has 2 N–H and O–H groups in total. The SMILES string of the molecule is CC(C)(C)OC(=O)N(Cc1cc(F)cc(Cl)c1)c1cc(N[C@H]2CCCN(C(=O)O)C2)nc2c(C#N)cnn12. The van der Waals surface area contributed by atoms with Gasteiger partial charge in [-0.15, -0.1) is 0 Å². The van der Waals surface area contributed by atoms with Crippen molar-refractivity contribution in [1.82, 2.24) is 19.5 Å². The van der Waals surface area contributed by atoms with Crippen LogP contribution in [0.15, 0.2) is 30.5 Å². The number of rotatable bonds is 5. The van der Waals surface area contributed by atoms with Crippen LogP contribution in [0.2, 0.25) is 5.02 Å². The van der Waals surface area contributed by atoms with Gasteiger partial charge in [-0.05, 0) is 57.4 Å². The lowest BCUT2D eigenvalue weighted by atomic mass is 10.1. The Labute approximate surface area is 223 Å². The highest BCUT2D eigenvalue weighted by Gasteiger charge is 2.29. The molecule has 1 aliphatic heterocycles. The van der Waals surface area contributed by atoms with Crippen molar-refractivity contribution in [2.45, 2.75) is 51.8 Å². The minimum Gasteiger partial charge on any atom is -0.465 e.